The number of amides is 2. The molecule has 3 aromatic heterocycles. The molecule has 6 rings (SSSR count). The molecule has 0 fully saturated rings. The Bertz CT molecular complexity index is 2100. The number of hydrogen-bond acceptors (Lipinski definition) is 8. The second-order valence-electron chi connectivity index (χ2n) is 12.2. The number of halogens is 1. The summed E-state index contributed by atoms with van der Waals surface area (Å²) < 4.78 is 28.0. The van der Waals surface area contributed by atoms with Crippen LogP contribution < -0.4 is 16.4 Å². The fourth-order valence-electron chi connectivity index (χ4n) is 5.82. The van der Waals surface area contributed by atoms with Crippen LogP contribution in [0, 0.1) is 12.7 Å². The van der Waals surface area contributed by atoms with E-state index < -0.39 is 35.0 Å². The van der Waals surface area contributed by atoms with Gasteiger partial charge in [-0.2, -0.15) is 5.10 Å². The van der Waals surface area contributed by atoms with Crippen molar-refractivity contribution >= 4 is 34.5 Å². The first-order valence-electron chi connectivity index (χ1n) is 15.0. The molecule has 0 aliphatic heterocycles. The molecule has 0 radical (unpaired) electrons. The molecule has 13 heteroatoms. The summed E-state index contributed by atoms with van der Waals surface area (Å²) in [5.41, 5.74) is 3.70. The number of esters is 1. The van der Waals surface area contributed by atoms with Crippen molar-refractivity contribution in [1.82, 2.24) is 29.8 Å². The number of hydrogen-bond donors (Lipinski definition) is 2. The Balaban J connectivity index is 1.23. The van der Waals surface area contributed by atoms with Gasteiger partial charge in [-0.3, -0.25) is 14.2 Å². The maximum Gasteiger partial charge on any atom is 0.419 e. The maximum absolute atomic E-state index is 14.7. The average molecular weight is 629 g/mol. The summed E-state index contributed by atoms with van der Waals surface area (Å²) >= 11 is 0. The summed E-state index contributed by atoms with van der Waals surface area (Å²) in [6.07, 6.45) is 2.15. The van der Waals surface area contributed by atoms with Gasteiger partial charge in [0.2, 0.25) is 0 Å². The van der Waals surface area contributed by atoms with E-state index in [0.717, 1.165) is 27.4 Å². The average Bonchev–Trinajstić information content (AvgIpc) is 3.68. The molecule has 12 nitrogen and oxygen atoms in total. The number of rotatable bonds is 7. The molecule has 2 amide bonds. The number of aromatic nitrogens is 4. The molecule has 1 aliphatic carbocycles. The zero-order chi connectivity index (χ0) is 32.9. The van der Waals surface area contributed by atoms with Gasteiger partial charge in [0.15, 0.2) is 17.0 Å². The largest absolute Gasteiger partial charge is 0.456 e. The zero-order valence-electron chi connectivity index (χ0n) is 26.1. The molecule has 0 bridgehead atoms. The highest BCUT2D eigenvalue weighted by Crippen LogP contribution is 2.35. The lowest BCUT2D eigenvalue weighted by molar-refractivity contribution is 0.00683. The van der Waals surface area contributed by atoms with E-state index in [9.17, 15) is 23.6 Å². The predicted molar refractivity (Wildman–Crippen MR) is 165 cm³/mol. The van der Waals surface area contributed by atoms with E-state index in [1.165, 1.54) is 10.6 Å². The summed E-state index contributed by atoms with van der Waals surface area (Å²) in [6.45, 7) is 9.62. The Morgan fingerprint density at radius 2 is 1.91 bits per heavy atom. The quantitative estimate of drug-likeness (QED) is 0.252. The number of carbonyl (C=O) groups excluding carboxylic acids is 3. The minimum Gasteiger partial charge on any atom is -0.456 e. The summed E-state index contributed by atoms with van der Waals surface area (Å²) in [6, 6.07) is 9.52. The third kappa shape index (κ3) is 5.64. The molecule has 5 aromatic rings. The minimum atomic E-state index is -0.789. The molecular weight excluding hydrogens is 595 g/mol. The standard InChI is InChI=1S/C33H33FN6O6/c1-6-39-25-13-18(7-12-27(25)45-32(39)44)15-35-29(41)24-14-26(40-28(37-24)22(34)16-36-40)30(42)38-23-11-10-19-17(2)20(8-9-21(19)23)31(43)46-33(3,4)5/h7-9,12-14,16,23H,6,10-11,15H2,1-5H3,(H,35,41)(H,38,42)/t23-/m0/s1. The molecular formula is C33H33FN6O6. The van der Waals surface area contributed by atoms with Gasteiger partial charge >= 0.3 is 11.7 Å². The summed E-state index contributed by atoms with van der Waals surface area (Å²) in [4.78, 5) is 55.8. The Kier molecular flexibility index (Phi) is 7.70. The molecule has 0 unspecified atom stereocenters. The van der Waals surface area contributed by atoms with Crippen molar-refractivity contribution in [2.75, 3.05) is 0 Å². The lowest BCUT2D eigenvalue weighted by Crippen LogP contribution is -2.31. The van der Waals surface area contributed by atoms with Crippen LogP contribution in [0.4, 0.5) is 4.39 Å². The van der Waals surface area contributed by atoms with Crippen LogP contribution in [0.5, 0.6) is 0 Å². The van der Waals surface area contributed by atoms with Gasteiger partial charge in [0.1, 0.15) is 17.0 Å². The highest BCUT2D eigenvalue weighted by atomic mass is 19.1. The Hall–Kier alpha value is -5.33. The van der Waals surface area contributed by atoms with E-state index >= 15 is 0 Å². The van der Waals surface area contributed by atoms with Crippen LogP contribution in [-0.2, 0) is 24.2 Å². The van der Waals surface area contributed by atoms with Gasteiger partial charge in [0, 0.05) is 19.2 Å². The van der Waals surface area contributed by atoms with Crippen LogP contribution in [0.15, 0.2) is 51.8 Å². The Morgan fingerprint density at radius 3 is 2.65 bits per heavy atom. The predicted octanol–water partition coefficient (Wildman–Crippen LogP) is 4.41. The zero-order valence-corrected chi connectivity index (χ0v) is 26.1. The molecule has 0 saturated carbocycles. The van der Waals surface area contributed by atoms with Crippen LogP contribution in [0.3, 0.4) is 0 Å². The van der Waals surface area contributed by atoms with Crippen LogP contribution in [-0.4, -0.2) is 42.5 Å². The number of ether oxygens (including phenoxy) is 1. The highest BCUT2D eigenvalue weighted by molar-refractivity contribution is 5.98. The van der Waals surface area contributed by atoms with Gasteiger partial charge in [0.25, 0.3) is 11.8 Å². The third-order valence-electron chi connectivity index (χ3n) is 8.01. The Morgan fingerprint density at radius 1 is 1.13 bits per heavy atom. The second kappa shape index (κ2) is 11.5. The summed E-state index contributed by atoms with van der Waals surface area (Å²) in [7, 11) is 0. The van der Waals surface area contributed by atoms with Gasteiger partial charge < -0.3 is 19.8 Å². The number of aryl methyl sites for hydroxylation is 1. The van der Waals surface area contributed by atoms with E-state index in [-0.39, 0.29) is 29.6 Å². The van der Waals surface area contributed by atoms with Gasteiger partial charge in [-0.15, -0.1) is 0 Å². The van der Waals surface area contributed by atoms with Gasteiger partial charge in [-0.05, 0) is 87.9 Å². The molecule has 2 N–H and O–H groups in total. The maximum atomic E-state index is 14.7. The van der Waals surface area contributed by atoms with Crippen LogP contribution in [0.1, 0.15) is 93.7 Å². The third-order valence-corrected chi connectivity index (χ3v) is 8.01. The summed E-state index contributed by atoms with van der Waals surface area (Å²) in [5.74, 6) is -2.86. The first-order valence-corrected chi connectivity index (χ1v) is 15.0. The van der Waals surface area contributed by atoms with E-state index in [0.29, 0.717) is 41.6 Å². The fraction of sp³-hybridized carbons (Fsp3) is 0.333. The number of nitrogens with zero attached hydrogens (tertiary/aromatic N) is 4. The van der Waals surface area contributed by atoms with Crippen LogP contribution in [0.2, 0.25) is 0 Å². The van der Waals surface area contributed by atoms with Gasteiger partial charge in [0.05, 0.1) is 23.3 Å². The van der Waals surface area contributed by atoms with Crippen molar-refractivity contribution in [3.63, 3.8) is 0 Å². The number of benzene rings is 2. The molecule has 238 valence electrons. The molecule has 2 aromatic carbocycles. The molecule has 1 atom stereocenters. The first-order chi connectivity index (χ1) is 21.8. The number of oxazole rings is 1. The SMILES string of the molecule is CCn1c(=O)oc2ccc(CNC(=O)c3cc(C(=O)N[C@H]4CCc5c4ccc(C(=O)OC(C)(C)C)c5C)n4ncc(F)c4n3)cc21. The fourth-order valence-corrected chi connectivity index (χ4v) is 5.82. The topological polar surface area (TPSA) is 150 Å². The molecule has 0 spiro atoms. The van der Waals surface area contributed by atoms with E-state index in [1.807, 2.05) is 40.7 Å². The van der Waals surface area contributed by atoms with Crippen molar-refractivity contribution in [1.29, 1.82) is 0 Å². The van der Waals surface area contributed by atoms with Crippen molar-refractivity contribution in [3.05, 3.63) is 98.2 Å². The molecule has 0 saturated heterocycles. The molecule has 46 heavy (non-hydrogen) atoms. The van der Waals surface area contributed by atoms with Crippen molar-refractivity contribution in [3.8, 4) is 0 Å². The molecule has 1 aliphatic rings. The van der Waals surface area contributed by atoms with E-state index in [1.54, 1.807) is 24.3 Å². The van der Waals surface area contributed by atoms with Crippen molar-refractivity contribution < 1.29 is 27.9 Å². The number of carbonyl (C=O) groups is 3. The lowest BCUT2D eigenvalue weighted by atomic mass is 9.97. The van der Waals surface area contributed by atoms with Crippen LogP contribution in [0.25, 0.3) is 16.7 Å². The first kappa shape index (κ1) is 30.7. The molecule has 3 heterocycles. The van der Waals surface area contributed by atoms with E-state index in [4.69, 9.17) is 9.15 Å². The lowest BCUT2D eigenvalue weighted by Gasteiger charge is -2.21. The number of nitrogens with one attached hydrogen (secondary N) is 2. The van der Waals surface area contributed by atoms with Gasteiger partial charge in [-0.1, -0.05) is 12.1 Å². The van der Waals surface area contributed by atoms with Gasteiger partial charge in [-0.25, -0.2) is 23.5 Å². The highest BCUT2D eigenvalue weighted by Gasteiger charge is 2.30. The number of fused-ring (bicyclic) bond motifs is 3. The normalized spacial score (nSPS) is 14.4. The van der Waals surface area contributed by atoms with Crippen molar-refractivity contribution in [2.45, 2.75) is 72.2 Å². The Labute approximate surface area is 262 Å². The smallest absolute Gasteiger partial charge is 0.419 e. The summed E-state index contributed by atoms with van der Waals surface area (Å²) in [5, 5.41) is 9.70. The minimum absolute atomic E-state index is 0.0682. The van der Waals surface area contributed by atoms with Crippen LogP contribution >= 0.6 is 0 Å². The van der Waals surface area contributed by atoms with E-state index in [2.05, 4.69) is 20.7 Å². The monoisotopic (exact) mass is 628 g/mol. The second-order valence-corrected chi connectivity index (χ2v) is 12.2. The van der Waals surface area contributed by atoms with Crippen molar-refractivity contribution in [2.24, 2.45) is 0 Å².